The Morgan fingerprint density at radius 1 is 1.58 bits per heavy atom. The number of carbonyl (C=O) groups excluding carboxylic acids is 2. The second kappa shape index (κ2) is 8.52. The van der Waals surface area contributed by atoms with Gasteiger partial charge in [-0.15, -0.1) is 0 Å². The molecule has 102 valence electrons. The molecule has 0 heterocycles. The molecule has 0 saturated heterocycles. The zero-order chi connectivity index (χ0) is 14.8. The second-order valence-electron chi connectivity index (χ2n) is 3.39. The van der Waals surface area contributed by atoms with Gasteiger partial charge in [-0.25, -0.2) is 4.79 Å². The van der Waals surface area contributed by atoms with Gasteiger partial charge in [0.2, 0.25) is 11.9 Å². The van der Waals surface area contributed by atoms with Crippen LogP contribution in [0.1, 0.15) is 12.8 Å². The third kappa shape index (κ3) is 6.07. The largest absolute Gasteiger partial charge is 0.480 e. The van der Waals surface area contributed by atoms with Crippen LogP contribution in [0.5, 0.6) is 0 Å². The molecular formula is C10H12N4O5. The molecule has 2 atom stereocenters. The number of amides is 1. The lowest BCUT2D eigenvalue weighted by molar-refractivity contribution is -0.143. The Labute approximate surface area is 108 Å². The number of nitrogens with zero attached hydrogens (tertiary/aromatic N) is 3. The quantitative estimate of drug-likeness (QED) is 0.318. The van der Waals surface area contributed by atoms with Gasteiger partial charge < -0.3 is 20.7 Å². The molecule has 0 bridgehead atoms. The number of ether oxygens (including phenoxy) is 1. The van der Waals surface area contributed by atoms with E-state index in [-0.39, 0.29) is 12.8 Å². The lowest BCUT2D eigenvalue weighted by Crippen LogP contribution is -2.45. The molecule has 1 amide bonds. The van der Waals surface area contributed by atoms with E-state index in [1.165, 1.54) is 6.07 Å². The van der Waals surface area contributed by atoms with Gasteiger partial charge in [0.25, 0.3) is 5.91 Å². The van der Waals surface area contributed by atoms with Crippen LogP contribution in [0.2, 0.25) is 0 Å². The molecule has 0 aliphatic heterocycles. The maximum absolute atomic E-state index is 11.4. The minimum atomic E-state index is -1.42. The summed E-state index contributed by atoms with van der Waals surface area (Å²) in [6.07, 6.45) is -1.22. The summed E-state index contributed by atoms with van der Waals surface area (Å²) in [5.74, 6) is -2.85. The van der Waals surface area contributed by atoms with Crippen LogP contribution in [-0.4, -0.2) is 53.0 Å². The second-order valence-corrected chi connectivity index (χ2v) is 3.39. The Hall–Kier alpha value is -2.56. The molecule has 0 aliphatic rings. The van der Waals surface area contributed by atoms with Crippen molar-refractivity contribution in [2.75, 3.05) is 7.11 Å². The summed E-state index contributed by atoms with van der Waals surface area (Å²) in [6.45, 7) is 0. The number of carboxylic acid groups (broad SMARTS) is 1. The Morgan fingerprint density at radius 2 is 2.21 bits per heavy atom. The monoisotopic (exact) mass is 268 g/mol. The van der Waals surface area contributed by atoms with Crippen LogP contribution < -0.4 is 5.32 Å². The summed E-state index contributed by atoms with van der Waals surface area (Å²) in [7, 11) is 1.13. The van der Waals surface area contributed by atoms with Gasteiger partial charge in [-0.1, -0.05) is 0 Å². The highest BCUT2D eigenvalue weighted by Crippen LogP contribution is 2.00. The minimum Gasteiger partial charge on any atom is -0.480 e. The number of carbonyl (C=O) groups is 3. The molecule has 0 aliphatic carbocycles. The highest BCUT2D eigenvalue weighted by Gasteiger charge is 2.25. The molecule has 0 fully saturated rings. The van der Waals surface area contributed by atoms with Crippen molar-refractivity contribution >= 4 is 23.9 Å². The SMILES string of the molecule is COC(C#N)C(=O)NC(CCC(=O)C=[N+]=[N-])C(=O)O. The van der Waals surface area contributed by atoms with Crippen molar-refractivity contribution < 1.29 is 29.0 Å². The van der Waals surface area contributed by atoms with Crippen molar-refractivity contribution in [3.63, 3.8) is 0 Å². The van der Waals surface area contributed by atoms with E-state index in [0.29, 0.717) is 6.21 Å². The third-order valence-electron chi connectivity index (χ3n) is 2.09. The van der Waals surface area contributed by atoms with Gasteiger partial charge in [-0.05, 0) is 6.42 Å². The van der Waals surface area contributed by atoms with E-state index in [0.717, 1.165) is 7.11 Å². The predicted molar refractivity (Wildman–Crippen MR) is 59.9 cm³/mol. The van der Waals surface area contributed by atoms with E-state index < -0.39 is 29.8 Å². The van der Waals surface area contributed by atoms with Crippen molar-refractivity contribution in [2.24, 2.45) is 0 Å². The maximum atomic E-state index is 11.4. The Morgan fingerprint density at radius 3 is 2.63 bits per heavy atom. The topological polar surface area (TPSA) is 153 Å². The molecule has 2 N–H and O–H groups in total. The van der Waals surface area contributed by atoms with Gasteiger partial charge in [0.05, 0.1) is 0 Å². The van der Waals surface area contributed by atoms with Gasteiger partial charge in [0, 0.05) is 13.5 Å². The van der Waals surface area contributed by atoms with Crippen molar-refractivity contribution in [1.29, 1.82) is 5.26 Å². The van der Waals surface area contributed by atoms with Gasteiger partial charge in [-0.3, -0.25) is 9.59 Å². The first-order valence-corrected chi connectivity index (χ1v) is 5.12. The molecule has 0 radical (unpaired) electrons. The number of ketones is 1. The van der Waals surface area contributed by atoms with E-state index in [4.69, 9.17) is 15.9 Å². The maximum Gasteiger partial charge on any atom is 0.326 e. The molecule has 2 unspecified atom stereocenters. The van der Waals surface area contributed by atoms with Crippen molar-refractivity contribution in [3.8, 4) is 6.07 Å². The lowest BCUT2D eigenvalue weighted by Gasteiger charge is -2.15. The zero-order valence-electron chi connectivity index (χ0n) is 10.1. The summed E-state index contributed by atoms with van der Waals surface area (Å²) < 4.78 is 4.52. The number of rotatable bonds is 8. The minimum absolute atomic E-state index is 0.201. The predicted octanol–water partition coefficient (Wildman–Crippen LogP) is -1.26. The number of carboxylic acids is 1. The van der Waals surface area contributed by atoms with Crippen LogP contribution in [0.25, 0.3) is 5.53 Å². The van der Waals surface area contributed by atoms with E-state index in [2.05, 4.69) is 14.8 Å². The summed E-state index contributed by atoms with van der Waals surface area (Å²) in [5.41, 5.74) is 8.10. The standard InChI is InChI=1S/C10H12N4O5/c1-19-8(4-11)9(16)14-7(10(17)18)3-2-6(15)5-13-12/h5,7-8H,2-3H2,1H3,(H,14,16)(H,17,18). The average Bonchev–Trinajstić information content (AvgIpc) is 2.35. The van der Waals surface area contributed by atoms with E-state index in [9.17, 15) is 14.4 Å². The smallest absolute Gasteiger partial charge is 0.326 e. The Kier molecular flexibility index (Phi) is 7.37. The van der Waals surface area contributed by atoms with Crippen LogP contribution in [0.3, 0.4) is 0 Å². The van der Waals surface area contributed by atoms with Crippen LogP contribution in [0, 0.1) is 11.3 Å². The van der Waals surface area contributed by atoms with Crippen LogP contribution >= 0.6 is 0 Å². The first-order chi connectivity index (χ1) is 8.96. The van der Waals surface area contributed by atoms with Gasteiger partial charge in [0.1, 0.15) is 12.1 Å². The summed E-state index contributed by atoms with van der Waals surface area (Å²) >= 11 is 0. The fourth-order valence-electron chi connectivity index (χ4n) is 1.14. The van der Waals surface area contributed by atoms with Crippen molar-refractivity contribution in [2.45, 2.75) is 25.0 Å². The molecule has 0 aromatic carbocycles. The van der Waals surface area contributed by atoms with E-state index >= 15 is 0 Å². The number of hydrogen-bond acceptors (Lipinski definition) is 5. The van der Waals surface area contributed by atoms with Crippen LogP contribution in [0.4, 0.5) is 0 Å². The third-order valence-corrected chi connectivity index (χ3v) is 2.09. The van der Waals surface area contributed by atoms with Crippen molar-refractivity contribution in [3.05, 3.63) is 5.53 Å². The number of Topliss-reactive ketones (excluding diaryl/α,β-unsaturated/α-hetero) is 1. The van der Waals surface area contributed by atoms with Crippen LogP contribution in [0.15, 0.2) is 0 Å². The van der Waals surface area contributed by atoms with Gasteiger partial charge in [-0.2, -0.15) is 10.1 Å². The first kappa shape index (κ1) is 16.4. The summed E-state index contributed by atoms with van der Waals surface area (Å²) in [4.78, 5) is 35.8. The molecule has 9 heteroatoms. The lowest BCUT2D eigenvalue weighted by atomic mass is 10.1. The summed E-state index contributed by atoms with van der Waals surface area (Å²) in [6, 6.07) is 0.194. The zero-order valence-corrected chi connectivity index (χ0v) is 10.1. The fourth-order valence-corrected chi connectivity index (χ4v) is 1.14. The normalized spacial score (nSPS) is 12.4. The molecule has 9 nitrogen and oxygen atoms in total. The molecule has 0 aromatic rings. The molecule has 0 aromatic heterocycles. The van der Waals surface area contributed by atoms with Crippen molar-refractivity contribution in [1.82, 2.24) is 5.32 Å². The Balaban J connectivity index is 4.55. The van der Waals surface area contributed by atoms with Gasteiger partial charge >= 0.3 is 12.2 Å². The molecule has 19 heavy (non-hydrogen) atoms. The molecular weight excluding hydrogens is 256 g/mol. The highest BCUT2D eigenvalue weighted by atomic mass is 16.5. The van der Waals surface area contributed by atoms with Crippen LogP contribution in [-0.2, 0) is 19.1 Å². The van der Waals surface area contributed by atoms with E-state index in [1.807, 2.05) is 0 Å². The van der Waals surface area contributed by atoms with E-state index in [1.54, 1.807) is 0 Å². The number of aliphatic carboxylic acids is 1. The molecule has 0 rings (SSSR count). The molecule has 0 saturated carbocycles. The average molecular weight is 268 g/mol. The first-order valence-electron chi connectivity index (χ1n) is 5.12. The number of hydrogen-bond donors (Lipinski definition) is 2. The summed E-state index contributed by atoms with van der Waals surface area (Å²) in [5, 5.41) is 19.5. The number of nitriles is 1. The Bertz CT molecular complexity index is 449. The fraction of sp³-hybridized carbons (Fsp3) is 0.500. The highest BCUT2D eigenvalue weighted by molar-refractivity contribution is 6.25. The van der Waals surface area contributed by atoms with Gasteiger partial charge in [0.15, 0.2) is 0 Å². The number of methoxy groups -OCH3 is 1. The number of nitrogens with one attached hydrogen (secondary N) is 1. The molecule has 0 spiro atoms.